The minimum Gasteiger partial charge on any atom is -0.335 e. The van der Waals surface area contributed by atoms with Gasteiger partial charge in [-0.05, 0) is 56.3 Å². The van der Waals surface area contributed by atoms with Gasteiger partial charge in [0, 0.05) is 19.1 Å². The molecule has 0 spiro atoms. The van der Waals surface area contributed by atoms with Crippen LogP contribution in [-0.2, 0) is 0 Å². The highest BCUT2D eigenvalue weighted by molar-refractivity contribution is 5.74. The standard InChI is InChI=1S/C16H30N2O/c1-16(2,3)12-13-7-8-14(11-13)17-15(19)18-9-5-4-6-10-18/h13-14H,4-12H2,1-3H3,(H,17,19). The zero-order valence-electron chi connectivity index (χ0n) is 12.9. The summed E-state index contributed by atoms with van der Waals surface area (Å²) in [7, 11) is 0. The highest BCUT2D eigenvalue weighted by Crippen LogP contribution is 2.35. The zero-order chi connectivity index (χ0) is 13.9. The fourth-order valence-electron chi connectivity index (χ4n) is 3.62. The summed E-state index contributed by atoms with van der Waals surface area (Å²) in [5, 5.41) is 3.25. The van der Waals surface area contributed by atoms with Gasteiger partial charge in [0.2, 0.25) is 0 Å². The number of nitrogens with one attached hydrogen (secondary N) is 1. The number of likely N-dealkylation sites (tertiary alicyclic amines) is 1. The summed E-state index contributed by atoms with van der Waals surface area (Å²) in [5.74, 6) is 0.798. The molecule has 0 aromatic heterocycles. The van der Waals surface area contributed by atoms with Crippen LogP contribution in [0.3, 0.4) is 0 Å². The van der Waals surface area contributed by atoms with Crippen LogP contribution in [-0.4, -0.2) is 30.1 Å². The van der Waals surface area contributed by atoms with Crippen LogP contribution >= 0.6 is 0 Å². The predicted octanol–water partition coefficient (Wildman–Crippen LogP) is 3.79. The van der Waals surface area contributed by atoms with Gasteiger partial charge in [-0.2, -0.15) is 0 Å². The molecule has 2 atom stereocenters. The molecule has 1 N–H and O–H groups in total. The summed E-state index contributed by atoms with van der Waals surface area (Å²) in [6, 6.07) is 0.600. The van der Waals surface area contributed by atoms with Gasteiger partial charge in [-0.25, -0.2) is 4.79 Å². The minimum atomic E-state index is 0.182. The molecule has 2 unspecified atom stereocenters. The number of rotatable bonds is 2. The Kier molecular flexibility index (Phi) is 4.75. The summed E-state index contributed by atoms with van der Waals surface area (Å²) in [4.78, 5) is 14.2. The molecule has 3 nitrogen and oxygen atoms in total. The van der Waals surface area contributed by atoms with Gasteiger partial charge < -0.3 is 10.2 Å². The number of urea groups is 1. The second-order valence-electron chi connectivity index (χ2n) is 7.64. The first-order valence-corrected chi connectivity index (χ1v) is 7.99. The maximum absolute atomic E-state index is 12.2. The first kappa shape index (κ1) is 14.7. The first-order valence-electron chi connectivity index (χ1n) is 7.99. The third kappa shape index (κ3) is 4.70. The molecule has 2 aliphatic rings. The number of carbonyl (C=O) groups excluding carboxylic acids is 1. The van der Waals surface area contributed by atoms with Crippen molar-refractivity contribution < 1.29 is 4.79 Å². The second-order valence-corrected chi connectivity index (χ2v) is 7.64. The van der Waals surface area contributed by atoms with E-state index in [1.165, 1.54) is 44.9 Å². The molecule has 2 amide bonds. The summed E-state index contributed by atoms with van der Waals surface area (Å²) in [6.07, 6.45) is 8.53. The van der Waals surface area contributed by atoms with Gasteiger partial charge in [-0.1, -0.05) is 20.8 Å². The van der Waals surface area contributed by atoms with Crippen molar-refractivity contribution in [3.63, 3.8) is 0 Å². The van der Waals surface area contributed by atoms with Gasteiger partial charge in [0.1, 0.15) is 0 Å². The van der Waals surface area contributed by atoms with Gasteiger partial charge in [0.25, 0.3) is 0 Å². The van der Waals surface area contributed by atoms with E-state index in [-0.39, 0.29) is 6.03 Å². The average molecular weight is 266 g/mol. The number of hydrogen-bond donors (Lipinski definition) is 1. The summed E-state index contributed by atoms with van der Waals surface area (Å²) >= 11 is 0. The lowest BCUT2D eigenvalue weighted by molar-refractivity contribution is 0.182. The molecule has 2 rings (SSSR count). The first-order chi connectivity index (χ1) is 8.94. The van der Waals surface area contributed by atoms with Gasteiger partial charge in [0.05, 0.1) is 0 Å². The Morgan fingerprint density at radius 1 is 1.16 bits per heavy atom. The normalized spacial score (nSPS) is 28.5. The molecule has 3 heteroatoms. The molecule has 1 aliphatic carbocycles. The molecular weight excluding hydrogens is 236 g/mol. The number of nitrogens with zero attached hydrogens (tertiary/aromatic N) is 1. The Morgan fingerprint density at radius 3 is 2.47 bits per heavy atom. The lowest BCUT2D eigenvalue weighted by Crippen LogP contribution is -2.46. The average Bonchev–Trinajstić information content (AvgIpc) is 2.75. The van der Waals surface area contributed by atoms with Crippen LogP contribution in [0.1, 0.15) is 65.7 Å². The largest absolute Gasteiger partial charge is 0.335 e. The van der Waals surface area contributed by atoms with Crippen molar-refractivity contribution in [2.75, 3.05) is 13.1 Å². The predicted molar refractivity (Wildman–Crippen MR) is 79.2 cm³/mol. The van der Waals surface area contributed by atoms with E-state index in [9.17, 15) is 4.79 Å². The summed E-state index contributed by atoms with van der Waals surface area (Å²) in [5.41, 5.74) is 0.413. The van der Waals surface area contributed by atoms with Crippen molar-refractivity contribution >= 4 is 6.03 Å². The Hall–Kier alpha value is -0.730. The number of hydrogen-bond acceptors (Lipinski definition) is 1. The van der Waals surface area contributed by atoms with Gasteiger partial charge >= 0.3 is 6.03 Å². The van der Waals surface area contributed by atoms with Crippen LogP contribution in [0.4, 0.5) is 4.79 Å². The number of carbonyl (C=O) groups is 1. The molecule has 1 heterocycles. The van der Waals surface area contributed by atoms with Crippen LogP contribution in [0.2, 0.25) is 0 Å². The molecule has 0 radical (unpaired) electrons. The Morgan fingerprint density at radius 2 is 1.84 bits per heavy atom. The van der Waals surface area contributed by atoms with Crippen molar-refractivity contribution in [1.29, 1.82) is 0 Å². The molecule has 1 aliphatic heterocycles. The van der Waals surface area contributed by atoms with Crippen molar-refractivity contribution in [2.24, 2.45) is 11.3 Å². The monoisotopic (exact) mass is 266 g/mol. The Balaban J connectivity index is 1.73. The van der Waals surface area contributed by atoms with E-state index in [0.29, 0.717) is 11.5 Å². The van der Waals surface area contributed by atoms with E-state index in [1.54, 1.807) is 0 Å². The SMILES string of the molecule is CC(C)(C)CC1CCC(NC(=O)N2CCCCC2)C1. The lowest BCUT2D eigenvalue weighted by atomic mass is 9.84. The molecule has 19 heavy (non-hydrogen) atoms. The minimum absolute atomic E-state index is 0.182. The Bertz CT molecular complexity index is 302. The molecule has 0 aromatic carbocycles. The van der Waals surface area contributed by atoms with Crippen LogP contribution in [0, 0.1) is 11.3 Å². The van der Waals surface area contributed by atoms with E-state index < -0.39 is 0 Å². The van der Waals surface area contributed by atoms with Crippen molar-refractivity contribution in [1.82, 2.24) is 10.2 Å². The molecule has 1 saturated heterocycles. The van der Waals surface area contributed by atoms with E-state index in [1.807, 2.05) is 4.90 Å². The van der Waals surface area contributed by atoms with Gasteiger partial charge in [0.15, 0.2) is 0 Å². The fourth-order valence-corrected chi connectivity index (χ4v) is 3.62. The van der Waals surface area contributed by atoms with Gasteiger partial charge in [-0.3, -0.25) is 0 Å². The highest BCUT2D eigenvalue weighted by atomic mass is 16.2. The maximum Gasteiger partial charge on any atom is 0.317 e. The van der Waals surface area contributed by atoms with E-state index >= 15 is 0 Å². The quantitative estimate of drug-likeness (QED) is 0.810. The molecule has 0 bridgehead atoms. The lowest BCUT2D eigenvalue weighted by Gasteiger charge is -2.28. The maximum atomic E-state index is 12.2. The molecular formula is C16H30N2O. The van der Waals surface area contributed by atoms with E-state index in [4.69, 9.17) is 0 Å². The third-order valence-corrected chi connectivity index (χ3v) is 4.41. The van der Waals surface area contributed by atoms with E-state index in [0.717, 1.165) is 19.0 Å². The van der Waals surface area contributed by atoms with Crippen LogP contribution in [0.15, 0.2) is 0 Å². The van der Waals surface area contributed by atoms with Crippen molar-refractivity contribution in [3.05, 3.63) is 0 Å². The second kappa shape index (κ2) is 6.15. The van der Waals surface area contributed by atoms with Crippen LogP contribution in [0.5, 0.6) is 0 Å². The topological polar surface area (TPSA) is 32.3 Å². The molecule has 0 aromatic rings. The smallest absolute Gasteiger partial charge is 0.317 e. The number of piperidine rings is 1. The Labute approximate surface area is 118 Å². The molecule has 1 saturated carbocycles. The van der Waals surface area contributed by atoms with Crippen molar-refractivity contribution in [2.45, 2.75) is 71.8 Å². The van der Waals surface area contributed by atoms with Crippen molar-refractivity contribution in [3.8, 4) is 0 Å². The highest BCUT2D eigenvalue weighted by Gasteiger charge is 2.30. The fraction of sp³-hybridized carbons (Fsp3) is 0.938. The number of amides is 2. The van der Waals surface area contributed by atoms with Crippen LogP contribution < -0.4 is 5.32 Å². The zero-order valence-corrected chi connectivity index (χ0v) is 12.9. The van der Waals surface area contributed by atoms with Gasteiger partial charge in [-0.15, -0.1) is 0 Å². The van der Waals surface area contributed by atoms with Crippen LogP contribution in [0.25, 0.3) is 0 Å². The molecule has 110 valence electrons. The summed E-state index contributed by atoms with van der Waals surface area (Å²) < 4.78 is 0. The van der Waals surface area contributed by atoms with E-state index in [2.05, 4.69) is 26.1 Å². The summed E-state index contributed by atoms with van der Waals surface area (Å²) in [6.45, 7) is 8.83. The molecule has 2 fully saturated rings. The third-order valence-electron chi connectivity index (χ3n) is 4.41.